The number of ether oxygens (including phenoxy) is 1. The van der Waals surface area contributed by atoms with Gasteiger partial charge in [-0.05, 0) is 36.1 Å². The highest BCUT2D eigenvalue weighted by Crippen LogP contribution is 2.48. The number of halogens is 3. The summed E-state index contributed by atoms with van der Waals surface area (Å²) in [6.45, 7) is 0.0609. The summed E-state index contributed by atoms with van der Waals surface area (Å²) in [6.07, 6.45) is -4.96. The lowest BCUT2D eigenvalue weighted by molar-refractivity contribution is -0.171. The van der Waals surface area contributed by atoms with Crippen molar-refractivity contribution in [3.8, 4) is 22.1 Å². The van der Waals surface area contributed by atoms with E-state index in [0.717, 1.165) is 22.9 Å². The normalized spacial score (nSPS) is 17.8. The van der Waals surface area contributed by atoms with Crippen LogP contribution in [0.5, 0.6) is 11.5 Å². The second kappa shape index (κ2) is 10.2. The maximum absolute atomic E-state index is 13.3. The molecule has 38 heavy (non-hydrogen) atoms. The number of aromatic nitrogens is 2. The van der Waals surface area contributed by atoms with Crippen LogP contribution in [0.25, 0.3) is 10.6 Å². The van der Waals surface area contributed by atoms with Gasteiger partial charge in [-0.2, -0.15) is 23.0 Å². The number of aryl methyl sites for hydroxylation is 1. The standard InChI is InChI=1S/C22H21F3N5O6PS/c1-11(22(23,24)25)6-7-30-21(33)17(19(32)18(28-30)15-3-2-8-38-15)20-27-13-5-4-12(36-10-16(26)31)9-14(13)37(34,35)29-20/h2-5,8-9,11,32H,6-7,10H2,1H3,(H2,26,31)(H2,27,29,34,35). The highest BCUT2D eigenvalue weighted by Gasteiger charge is 2.37. The molecule has 16 heteroatoms. The molecule has 5 N–H and O–H groups in total. The molecule has 2 atom stereocenters. The number of carbonyl (C=O) groups excluding carboxylic acids is 1. The summed E-state index contributed by atoms with van der Waals surface area (Å²) < 4.78 is 62.0. The number of nitrogens with zero attached hydrogens (tertiary/aromatic N) is 3. The molecule has 0 radical (unpaired) electrons. The molecule has 0 fully saturated rings. The Morgan fingerprint density at radius 2 is 2.08 bits per heavy atom. The van der Waals surface area contributed by atoms with E-state index in [1.54, 1.807) is 17.5 Å². The zero-order valence-corrected chi connectivity index (χ0v) is 21.3. The first-order valence-electron chi connectivity index (χ1n) is 11.0. The topological polar surface area (TPSA) is 169 Å². The summed E-state index contributed by atoms with van der Waals surface area (Å²) in [7, 11) is -4.55. The third kappa shape index (κ3) is 5.59. The van der Waals surface area contributed by atoms with Crippen molar-refractivity contribution in [2.75, 3.05) is 11.9 Å². The van der Waals surface area contributed by atoms with Gasteiger partial charge in [0.05, 0.1) is 21.8 Å². The van der Waals surface area contributed by atoms with Gasteiger partial charge >= 0.3 is 13.7 Å². The Bertz CT molecular complexity index is 1520. The lowest BCUT2D eigenvalue weighted by Gasteiger charge is -2.23. The number of hydrogen-bond acceptors (Lipinski definition) is 8. The number of amidine groups is 1. The van der Waals surface area contributed by atoms with Gasteiger partial charge in [0.2, 0.25) is 0 Å². The zero-order valence-electron chi connectivity index (χ0n) is 19.6. The van der Waals surface area contributed by atoms with E-state index < -0.39 is 67.8 Å². The second-order valence-electron chi connectivity index (χ2n) is 8.36. The van der Waals surface area contributed by atoms with Crippen LogP contribution in [0.4, 0.5) is 18.9 Å². The van der Waals surface area contributed by atoms with E-state index in [2.05, 4.69) is 15.2 Å². The van der Waals surface area contributed by atoms with Crippen LogP contribution >= 0.6 is 18.9 Å². The molecule has 0 saturated heterocycles. The van der Waals surface area contributed by atoms with E-state index in [-0.39, 0.29) is 22.4 Å². The molecule has 2 aromatic heterocycles. The number of benzene rings is 1. The SMILES string of the molecule is CC(CCn1nc(-c2cccs2)c(O)c(C2=NP(=O)(O)c3cc(OCC(N)=O)ccc3N2)c1=O)C(F)(F)F. The molecule has 1 amide bonds. The maximum atomic E-state index is 13.3. The molecule has 0 spiro atoms. The third-order valence-electron chi connectivity index (χ3n) is 5.61. The molecular weight excluding hydrogens is 550 g/mol. The van der Waals surface area contributed by atoms with Gasteiger partial charge in [0.15, 0.2) is 18.2 Å². The quantitative estimate of drug-likeness (QED) is 0.299. The van der Waals surface area contributed by atoms with E-state index in [1.165, 1.54) is 18.2 Å². The van der Waals surface area contributed by atoms with E-state index in [9.17, 15) is 37.3 Å². The number of nitrogens with two attached hydrogens (primary N) is 1. The van der Waals surface area contributed by atoms with Gasteiger partial charge in [-0.1, -0.05) is 13.0 Å². The Hall–Kier alpha value is -3.68. The van der Waals surface area contributed by atoms with Crippen LogP contribution in [0.15, 0.2) is 45.3 Å². The van der Waals surface area contributed by atoms with Crippen LogP contribution in [0.2, 0.25) is 0 Å². The maximum Gasteiger partial charge on any atom is 0.391 e. The number of fused-ring (bicyclic) bond motifs is 1. The highest BCUT2D eigenvalue weighted by molar-refractivity contribution is 7.65. The molecule has 4 rings (SSSR count). The molecule has 1 aliphatic heterocycles. The largest absolute Gasteiger partial charge is 0.505 e. The van der Waals surface area contributed by atoms with Crippen molar-refractivity contribution in [1.82, 2.24) is 9.78 Å². The van der Waals surface area contributed by atoms with E-state index in [4.69, 9.17) is 10.5 Å². The molecule has 1 aliphatic rings. The van der Waals surface area contributed by atoms with Gasteiger partial charge in [-0.3, -0.25) is 14.2 Å². The first kappa shape index (κ1) is 27.4. The van der Waals surface area contributed by atoms with Crippen molar-refractivity contribution in [3.63, 3.8) is 0 Å². The van der Waals surface area contributed by atoms with Crippen molar-refractivity contribution in [2.45, 2.75) is 26.1 Å². The fourth-order valence-corrected chi connectivity index (χ4v) is 5.52. The molecule has 0 bridgehead atoms. The molecule has 1 aromatic carbocycles. The van der Waals surface area contributed by atoms with Gasteiger partial charge in [-0.15, -0.1) is 11.3 Å². The third-order valence-corrected chi connectivity index (χ3v) is 7.95. The zero-order chi connectivity index (χ0) is 27.8. The summed E-state index contributed by atoms with van der Waals surface area (Å²) in [5, 5.41) is 19.3. The van der Waals surface area contributed by atoms with Crippen molar-refractivity contribution < 1.29 is 37.3 Å². The number of alkyl halides is 3. The highest BCUT2D eigenvalue weighted by atomic mass is 32.1. The van der Waals surface area contributed by atoms with Crippen molar-refractivity contribution in [1.29, 1.82) is 0 Å². The Balaban J connectivity index is 1.80. The molecule has 0 aliphatic carbocycles. The summed E-state index contributed by atoms with van der Waals surface area (Å²) in [4.78, 5) is 35.4. The monoisotopic (exact) mass is 571 g/mol. The Morgan fingerprint density at radius 1 is 1.34 bits per heavy atom. The van der Waals surface area contributed by atoms with Gasteiger partial charge in [0.25, 0.3) is 11.5 Å². The average Bonchev–Trinajstić information content (AvgIpc) is 3.36. The van der Waals surface area contributed by atoms with Gasteiger partial charge in [0, 0.05) is 6.54 Å². The summed E-state index contributed by atoms with van der Waals surface area (Å²) >= 11 is 1.16. The minimum atomic E-state index is -4.55. The molecular formula is C22H21F3N5O6PS. The molecule has 3 heterocycles. The molecule has 11 nitrogen and oxygen atoms in total. The summed E-state index contributed by atoms with van der Waals surface area (Å²) in [5.41, 5.74) is 3.46. The number of nitrogens with one attached hydrogen (secondary N) is 1. The number of rotatable bonds is 8. The Kier molecular flexibility index (Phi) is 7.37. The number of amides is 1. The number of primary amides is 1. The van der Waals surface area contributed by atoms with Crippen LogP contribution in [0.3, 0.4) is 0 Å². The number of aromatic hydroxyl groups is 1. The summed E-state index contributed by atoms with van der Waals surface area (Å²) in [6, 6.07) is 7.11. The molecule has 202 valence electrons. The van der Waals surface area contributed by atoms with Crippen molar-refractivity contribution in [3.05, 3.63) is 51.6 Å². The second-order valence-corrected chi connectivity index (χ2v) is 11.1. The predicted octanol–water partition coefficient (Wildman–Crippen LogP) is 2.81. The number of carbonyl (C=O) groups is 1. The van der Waals surface area contributed by atoms with Crippen LogP contribution < -0.4 is 26.7 Å². The van der Waals surface area contributed by atoms with Gasteiger partial charge < -0.3 is 25.8 Å². The van der Waals surface area contributed by atoms with Crippen LogP contribution in [0.1, 0.15) is 18.9 Å². The van der Waals surface area contributed by atoms with Crippen LogP contribution in [-0.2, 0) is 15.9 Å². The van der Waals surface area contributed by atoms with Crippen molar-refractivity contribution >= 4 is 41.6 Å². The van der Waals surface area contributed by atoms with Crippen LogP contribution in [0, 0.1) is 5.92 Å². The summed E-state index contributed by atoms with van der Waals surface area (Å²) in [5.74, 6) is -3.56. The fraction of sp³-hybridized carbons (Fsp3) is 0.273. The van der Waals surface area contributed by atoms with E-state index in [1.807, 2.05) is 0 Å². The van der Waals surface area contributed by atoms with E-state index >= 15 is 0 Å². The van der Waals surface area contributed by atoms with Crippen molar-refractivity contribution in [2.24, 2.45) is 16.4 Å². The number of anilines is 1. The predicted molar refractivity (Wildman–Crippen MR) is 134 cm³/mol. The smallest absolute Gasteiger partial charge is 0.391 e. The van der Waals surface area contributed by atoms with Gasteiger partial charge in [-0.25, -0.2) is 4.68 Å². The first-order chi connectivity index (χ1) is 17.8. The van der Waals surface area contributed by atoms with Crippen LogP contribution in [-0.4, -0.2) is 44.3 Å². The number of hydrogen-bond donors (Lipinski definition) is 4. The average molecular weight is 571 g/mol. The lowest BCUT2D eigenvalue weighted by Crippen LogP contribution is -2.35. The Labute approximate surface area is 216 Å². The minimum absolute atomic E-state index is 0.0535. The Morgan fingerprint density at radius 3 is 2.71 bits per heavy atom. The molecule has 2 unspecified atom stereocenters. The molecule has 3 aromatic rings. The first-order valence-corrected chi connectivity index (χ1v) is 13.5. The fourth-order valence-electron chi connectivity index (χ4n) is 3.54. The molecule has 0 saturated carbocycles. The van der Waals surface area contributed by atoms with Gasteiger partial charge in [0.1, 0.15) is 17.0 Å². The lowest BCUT2D eigenvalue weighted by atomic mass is 10.1. The number of thiophene rings is 1. The minimum Gasteiger partial charge on any atom is -0.505 e. The van der Waals surface area contributed by atoms with E-state index in [0.29, 0.717) is 4.88 Å².